The second-order valence-electron chi connectivity index (χ2n) is 11.1. The SMILES string of the molecule is CN(C)CCN(C)C(=O)c1ccc(NC(=O)Nc2ccc(-c3nc(N4CCCOCC4)nc(N4CCOCC4)n3)cc2)cc1. The number of nitrogens with zero attached hydrogens (tertiary/aromatic N) is 7. The maximum Gasteiger partial charge on any atom is 0.323 e. The van der Waals surface area contributed by atoms with Crippen LogP contribution in [-0.2, 0) is 9.47 Å². The van der Waals surface area contributed by atoms with Gasteiger partial charge in [-0.1, -0.05) is 0 Å². The highest BCUT2D eigenvalue weighted by Crippen LogP contribution is 2.24. The molecule has 2 saturated heterocycles. The highest BCUT2D eigenvalue weighted by molar-refractivity contribution is 6.00. The molecule has 1 aromatic heterocycles. The summed E-state index contributed by atoms with van der Waals surface area (Å²) in [6.07, 6.45) is 0.910. The van der Waals surface area contributed by atoms with E-state index in [-0.39, 0.29) is 11.9 Å². The smallest absolute Gasteiger partial charge is 0.323 e. The van der Waals surface area contributed by atoms with Crippen molar-refractivity contribution in [3.63, 3.8) is 0 Å². The van der Waals surface area contributed by atoms with Crippen LogP contribution in [0.4, 0.5) is 28.1 Å². The molecule has 0 radical (unpaired) electrons. The Bertz CT molecular complexity index is 1390. The molecule has 2 N–H and O–H groups in total. The Morgan fingerprint density at radius 1 is 0.727 bits per heavy atom. The van der Waals surface area contributed by atoms with Crippen molar-refractivity contribution < 1.29 is 19.1 Å². The highest BCUT2D eigenvalue weighted by atomic mass is 16.5. The van der Waals surface area contributed by atoms with Gasteiger partial charge in [-0.05, 0) is 69.0 Å². The maximum atomic E-state index is 12.7. The minimum absolute atomic E-state index is 0.0641. The first-order valence-electron chi connectivity index (χ1n) is 15.0. The molecular formula is C31H41N9O4. The van der Waals surface area contributed by atoms with Crippen LogP contribution in [-0.4, -0.2) is 124 Å². The number of morpholine rings is 1. The lowest BCUT2D eigenvalue weighted by atomic mass is 10.2. The van der Waals surface area contributed by atoms with Crippen LogP contribution in [0.3, 0.4) is 0 Å². The molecule has 0 bridgehead atoms. The van der Waals surface area contributed by atoms with Crippen LogP contribution in [0.25, 0.3) is 11.4 Å². The fourth-order valence-corrected chi connectivity index (χ4v) is 4.84. The average Bonchev–Trinajstić information content (AvgIpc) is 3.34. The predicted octanol–water partition coefficient (Wildman–Crippen LogP) is 2.88. The van der Waals surface area contributed by atoms with E-state index in [9.17, 15) is 9.59 Å². The Kier molecular flexibility index (Phi) is 10.5. The number of rotatable bonds is 9. The molecule has 3 heterocycles. The summed E-state index contributed by atoms with van der Waals surface area (Å²) in [5, 5.41) is 5.68. The van der Waals surface area contributed by atoms with E-state index in [0.717, 1.165) is 51.3 Å². The molecule has 3 aromatic rings. The molecule has 2 fully saturated rings. The molecule has 2 aromatic carbocycles. The quantitative estimate of drug-likeness (QED) is 0.377. The molecule has 3 amide bonds. The number of carbonyl (C=O) groups excluding carboxylic acids is 2. The lowest BCUT2D eigenvalue weighted by Gasteiger charge is -2.28. The number of amides is 3. The van der Waals surface area contributed by atoms with Gasteiger partial charge in [0.05, 0.1) is 19.8 Å². The molecule has 13 nitrogen and oxygen atoms in total. The van der Waals surface area contributed by atoms with Crippen molar-refractivity contribution in [3.05, 3.63) is 54.1 Å². The molecule has 0 spiro atoms. The fraction of sp³-hybridized carbons (Fsp3) is 0.452. The van der Waals surface area contributed by atoms with Crippen LogP contribution in [0.2, 0.25) is 0 Å². The molecular weight excluding hydrogens is 562 g/mol. The van der Waals surface area contributed by atoms with Crippen molar-refractivity contribution in [2.75, 3.05) is 107 Å². The summed E-state index contributed by atoms with van der Waals surface area (Å²) in [4.78, 5) is 47.8. The molecule has 0 unspecified atom stereocenters. The largest absolute Gasteiger partial charge is 0.380 e. The van der Waals surface area contributed by atoms with Gasteiger partial charge in [0.25, 0.3) is 5.91 Å². The minimum atomic E-state index is -0.389. The Morgan fingerprint density at radius 2 is 1.27 bits per heavy atom. The van der Waals surface area contributed by atoms with Crippen molar-refractivity contribution in [2.45, 2.75) is 6.42 Å². The van der Waals surface area contributed by atoms with Crippen LogP contribution in [0, 0.1) is 0 Å². The van der Waals surface area contributed by atoms with E-state index in [1.54, 1.807) is 36.2 Å². The Labute approximate surface area is 258 Å². The fourth-order valence-electron chi connectivity index (χ4n) is 4.84. The number of benzene rings is 2. The molecule has 13 heteroatoms. The van der Waals surface area contributed by atoms with Crippen molar-refractivity contribution in [3.8, 4) is 11.4 Å². The lowest BCUT2D eigenvalue weighted by molar-refractivity contribution is 0.0786. The van der Waals surface area contributed by atoms with Gasteiger partial charge in [0.1, 0.15) is 0 Å². The molecule has 2 aliphatic rings. The molecule has 0 aliphatic carbocycles. The zero-order chi connectivity index (χ0) is 30.9. The summed E-state index contributed by atoms with van der Waals surface area (Å²) in [7, 11) is 5.72. The second-order valence-corrected chi connectivity index (χ2v) is 11.1. The van der Waals surface area contributed by atoms with Crippen molar-refractivity contribution in [1.29, 1.82) is 0 Å². The number of likely N-dealkylation sites (N-methyl/N-ethyl adjacent to an activating group) is 2. The molecule has 0 atom stereocenters. The van der Waals surface area contributed by atoms with Gasteiger partial charge in [-0.25, -0.2) is 4.79 Å². The normalized spacial score (nSPS) is 15.5. The Balaban J connectivity index is 1.23. The number of hydrogen-bond donors (Lipinski definition) is 2. The van der Waals surface area contributed by atoms with Gasteiger partial charge in [-0.15, -0.1) is 0 Å². The first-order valence-corrected chi connectivity index (χ1v) is 15.0. The van der Waals surface area contributed by atoms with Crippen LogP contribution in [0.5, 0.6) is 0 Å². The number of ether oxygens (including phenoxy) is 2. The first-order chi connectivity index (χ1) is 21.4. The summed E-state index contributed by atoms with van der Waals surface area (Å²) in [6.45, 7) is 7.01. The third kappa shape index (κ3) is 8.40. The highest BCUT2D eigenvalue weighted by Gasteiger charge is 2.21. The van der Waals surface area contributed by atoms with E-state index < -0.39 is 0 Å². The topological polar surface area (TPSA) is 128 Å². The number of urea groups is 1. The maximum absolute atomic E-state index is 12.7. The van der Waals surface area contributed by atoms with Gasteiger partial charge >= 0.3 is 6.03 Å². The van der Waals surface area contributed by atoms with Crippen molar-refractivity contribution in [1.82, 2.24) is 24.8 Å². The van der Waals surface area contributed by atoms with Crippen LogP contribution in [0.1, 0.15) is 16.8 Å². The van der Waals surface area contributed by atoms with E-state index in [2.05, 4.69) is 20.4 Å². The summed E-state index contributed by atoms with van der Waals surface area (Å²) in [5.41, 5.74) is 2.58. The first kappa shape index (κ1) is 31.1. The zero-order valence-electron chi connectivity index (χ0n) is 25.7. The molecule has 0 saturated carbocycles. The van der Waals surface area contributed by atoms with Gasteiger partial charge in [-0.3, -0.25) is 4.79 Å². The number of carbonyl (C=O) groups is 2. The number of anilines is 4. The average molecular weight is 604 g/mol. The van der Waals surface area contributed by atoms with Crippen LogP contribution in [0.15, 0.2) is 48.5 Å². The third-order valence-electron chi connectivity index (χ3n) is 7.43. The van der Waals surface area contributed by atoms with Gasteiger partial charge in [0.15, 0.2) is 5.82 Å². The van der Waals surface area contributed by atoms with E-state index in [4.69, 9.17) is 24.4 Å². The monoisotopic (exact) mass is 603 g/mol. The standard InChI is InChI=1S/C31H41N9O4/c1-37(2)14-15-38(3)28(41)24-7-11-26(12-8-24)33-31(42)32-25-9-5-23(6-10-25)27-34-29(39-13-4-19-43-20-16-39)36-30(35-27)40-17-21-44-22-18-40/h5-12H,4,13-22H2,1-3H3,(H2,32,33,42). The van der Waals surface area contributed by atoms with Crippen molar-refractivity contribution in [2.24, 2.45) is 0 Å². The molecule has 5 rings (SSSR count). The van der Waals surface area contributed by atoms with Gasteiger partial charge in [0.2, 0.25) is 11.9 Å². The Hall–Kier alpha value is -4.33. The summed E-state index contributed by atoms with van der Waals surface area (Å²) in [5.74, 6) is 1.77. The summed E-state index contributed by atoms with van der Waals surface area (Å²) >= 11 is 0. The Morgan fingerprint density at radius 3 is 1.86 bits per heavy atom. The zero-order valence-corrected chi connectivity index (χ0v) is 25.7. The predicted molar refractivity (Wildman–Crippen MR) is 171 cm³/mol. The van der Waals surface area contributed by atoms with E-state index in [1.165, 1.54) is 0 Å². The van der Waals surface area contributed by atoms with Crippen LogP contribution < -0.4 is 20.4 Å². The van der Waals surface area contributed by atoms with E-state index in [1.807, 2.05) is 43.3 Å². The van der Waals surface area contributed by atoms with Gasteiger partial charge < -0.3 is 39.7 Å². The minimum Gasteiger partial charge on any atom is -0.380 e. The van der Waals surface area contributed by atoms with E-state index >= 15 is 0 Å². The van der Waals surface area contributed by atoms with Gasteiger partial charge in [-0.2, -0.15) is 15.0 Å². The number of nitrogens with one attached hydrogen (secondary N) is 2. The molecule has 234 valence electrons. The van der Waals surface area contributed by atoms with Crippen LogP contribution >= 0.6 is 0 Å². The number of hydrogen-bond acceptors (Lipinski definition) is 10. The molecule has 2 aliphatic heterocycles. The van der Waals surface area contributed by atoms with E-state index in [0.29, 0.717) is 61.0 Å². The third-order valence-corrected chi connectivity index (χ3v) is 7.43. The molecule has 44 heavy (non-hydrogen) atoms. The van der Waals surface area contributed by atoms with Crippen molar-refractivity contribution >= 4 is 35.2 Å². The second kappa shape index (κ2) is 14.9. The number of aromatic nitrogens is 3. The lowest BCUT2D eigenvalue weighted by Crippen LogP contribution is -2.38. The summed E-state index contributed by atoms with van der Waals surface area (Å²) < 4.78 is 11.2. The summed E-state index contributed by atoms with van der Waals surface area (Å²) in [6, 6.07) is 13.9. The van der Waals surface area contributed by atoms with Gasteiger partial charge in [0, 0.05) is 75.4 Å².